The lowest BCUT2D eigenvalue weighted by Gasteiger charge is -2.34. The molecule has 0 heterocycles. The first-order valence-electron chi connectivity index (χ1n) is 15.0. The molecule has 4 rings (SSSR count). The quantitative estimate of drug-likeness (QED) is 0.194. The van der Waals surface area contributed by atoms with Crippen LogP contribution < -0.4 is 14.4 Å². The Hall–Kier alpha value is -4.63. The number of aryl methyl sites for hydroxylation is 2. The highest BCUT2D eigenvalue weighted by Gasteiger charge is 2.35. The Bertz CT molecular complexity index is 1690. The van der Waals surface area contributed by atoms with Crippen molar-refractivity contribution in [1.82, 2.24) is 10.2 Å². The molecule has 4 aromatic rings. The SMILES string of the molecule is CCCNC(=O)[C@H](Cc1ccccc1)N(Cc1cccc(OC)c1)C(=O)CN(c1ccc(C)cc1C)S(=O)(=O)c1ccccc1. The number of nitrogens with zero attached hydrogens (tertiary/aromatic N) is 2. The summed E-state index contributed by atoms with van der Waals surface area (Å²) in [4.78, 5) is 29.9. The fraction of sp³-hybridized carbons (Fsp3) is 0.278. The van der Waals surface area contributed by atoms with Gasteiger partial charge in [0.1, 0.15) is 18.3 Å². The molecule has 0 aliphatic heterocycles. The maximum Gasteiger partial charge on any atom is 0.264 e. The highest BCUT2D eigenvalue weighted by atomic mass is 32.2. The summed E-state index contributed by atoms with van der Waals surface area (Å²) in [5.74, 6) is -0.204. The molecule has 0 bridgehead atoms. The number of benzene rings is 4. The number of amides is 2. The fourth-order valence-electron chi connectivity index (χ4n) is 5.21. The summed E-state index contributed by atoms with van der Waals surface area (Å²) in [6.45, 7) is 5.72. The van der Waals surface area contributed by atoms with E-state index < -0.39 is 28.5 Å². The number of methoxy groups -OCH3 is 1. The van der Waals surface area contributed by atoms with E-state index in [1.165, 1.54) is 17.0 Å². The summed E-state index contributed by atoms with van der Waals surface area (Å²) < 4.78 is 34.9. The van der Waals surface area contributed by atoms with Crippen LogP contribution in [0.3, 0.4) is 0 Å². The molecule has 2 amide bonds. The second-order valence-electron chi connectivity index (χ2n) is 11.0. The van der Waals surface area contributed by atoms with Crippen molar-refractivity contribution >= 4 is 27.5 Å². The van der Waals surface area contributed by atoms with Gasteiger partial charge in [0.15, 0.2) is 0 Å². The Morgan fingerprint density at radius 3 is 2.16 bits per heavy atom. The monoisotopic (exact) mass is 627 g/mol. The molecule has 1 N–H and O–H groups in total. The Labute approximate surface area is 266 Å². The van der Waals surface area contributed by atoms with Gasteiger partial charge in [-0.2, -0.15) is 0 Å². The van der Waals surface area contributed by atoms with Crippen LogP contribution >= 0.6 is 0 Å². The van der Waals surface area contributed by atoms with Crippen molar-refractivity contribution in [3.05, 3.63) is 125 Å². The van der Waals surface area contributed by atoms with Gasteiger partial charge in [-0.05, 0) is 67.3 Å². The van der Waals surface area contributed by atoms with Crippen molar-refractivity contribution in [1.29, 1.82) is 0 Å². The summed E-state index contributed by atoms with van der Waals surface area (Å²) >= 11 is 0. The molecule has 0 radical (unpaired) electrons. The molecule has 0 aliphatic carbocycles. The number of sulfonamides is 1. The van der Waals surface area contributed by atoms with E-state index in [4.69, 9.17) is 4.74 Å². The van der Waals surface area contributed by atoms with E-state index in [-0.39, 0.29) is 23.8 Å². The normalized spacial score (nSPS) is 11.8. The molecule has 1 atom stereocenters. The van der Waals surface area contributed by atoms with Gasteiger partial charge in [-0.3, -0.25) is 13.9 Å². The van der Waals surface area contributed by atoms with Gasteiger partial charge >= 0.3 is 0 Å². The van der Waals surface area contributed by atoms with Gasteiger partial charge in [-0.15, -0.1) is 0 Å². The zero-order valence-corrected chi connectivity index (χ0v) is 27.1. The van der Waals surface area contributed by atoms with Crippen molar-refractivity contribution in [2.24, 2.45) is 0 Å². The van der Waals surface area contributed by atoms with E-state index in [0.717, 1.165) is 27.4 Å². The van der Waals surface area contributed by atoms with Crippen molar-refractivity contribution in [2.45, 2.75) is 51.1 Å². The first-order valence-corrected chi connectivity index (χ1v) is 16.5. The number of anilines is 1. The number of carbonyl (C=O) groups is 2. The lowest BCUT2D eigenvalue weighted by Crippen LogP contribution is -2.53. The smallest absolute Gasteiger partial charge is 0.264 e. The number of rotatable bonds is 14. The van der Waals surface area contributed by atoms with Gasteiger partial charge in [0, 0.05) is 19.5 Å². The third-order valence-corrected chi connectivity index (χ3v) is 9.31. The Kier molecular flexibility index (Phi) is 11.4. The van der Waals surface area contributed by atoms with E-state index >= 15 is 0 Å². The first kappa shape index (κ1) is 33.3. The molecule has 4 aromatic carbocycles. The molecular weight excluding hydrogens is 586 g/mol. The second kappa shape index (κ2) is 15.4. The van der Waals surface area contributed by atoms with Crippen LogP contribution in [0.25, 0.3) is 0 Å². The molecular formula is C36H41N3O5S. The van der Waals surface area contributed by atoms with Gasteiger partial charge in [0.2, 0.25) is 11.8 Å². The molecule has 0 saturated heterocycles. The molecule has 236 valence electrons. The third kappa shape index (κ3) is 8.51. The van der Waals surface area contributed by atoms with Crippen molar-refractivity contribution < 1.29 is 22.7 Å². The van der Waals surface area contributed by atoms with Gasteiger partial charge in [-0.25, -0.2) is 8.42 Å². The lowest BCUT2D eigenvalue weighted by molar-refractivity contribution is -0.140. The van der Waals surface area contributed by atoms with Crippen molar-refractivity contribution in [3.8, 4) is 5.75 Å². The van der Waals surface area contributed by atoms with Crippen LogP contribution in [0, 0.1) is 13.8 Å². The first-order chi connectivity index (χ1) is 21.6. The predicted molar refractivity (Wildman–Crippen MR) is 178 cm³/mol. The number of hydrogen-bond acceptors (Lipinski definition) is 5. The number of hydrogen-bond donors (Lipinski definition) is 1. The lowest BCUT2D eigenvalue weighted by atomic mass is 10.0. The van der Waals surface area contributed by atoms with Gasteiger partial charge < -0.3 is 15.0 Å². The summed E-state index contributed by atoms with van der Waals surface area (Å²) in [6.07, 6.45) is 0.977. The maximum atomic E-state index is 14.6. The van der Waals surface area contributed by atoms with Gasteiger partial charge in [-0.1, -0.05) is 85.3 Å². The zero-order valence-electron chi connectivity index (χ0n) is 26.3. The zero-order chi connectivity index (χ0) is 32.4. The number of ether oxygens (including phenoxy) is 1. The van der Waals surface area contributed by atoms with Gasteiger partial charge in [0.05, 0.1) is 17.7 Å². The largest absolute Gasteiger partial charge is 0.497 e. The van der Waals surface area contributed by atoms with E-state index in [1.807, 2.05) is 81.4 Å². The molecule has 9 heteroatoms. The van der Waals surface area contributed by atoms with Crippen LogP contribution in [-0.2, 0) is 32.6 Å². The van der Waals surface area contributed by atoms with Crippen LogP contribution in [0.15, 0.2) is 108 Å². The molecule has 0 spiro atoms. The Morgan fingerprint density at radius 1 is 0.844 bits per heavy atom. The Balaban J connectivity index is 1.82. The molecule has 0 aromatic heterocycles. The summed E-state index contributed by atoms with van der Waals surface area (Å²) in [7, 11) is -2.59. The minimum atomic E-state index is -4.16. The van der Waals surface area contributed by atoms with Gasteiger partial charge in [0.25, 0.3) is 10.0 Å². The average molecular weight is 628 g/mol. The van der Waals surface area contributed by atoms with Crippen LogP contribution in [0.5, 0.6) is 5.75 Å². The van der Waals surface area contributed by atoms with E-state index in [2.05, 4.69) is 5.32 Å². The van der Waals surface area contributed by atoms with E-state index in [1.54, 1.807) is 37.4 Å². The van der Waals surface area contributed by atoms with E-state index in [0.29, 0.717) is 23.5 Å². The summed E-state index contributed by atoms with van der Waals surface area (Å²) in [5, 5.41) is 2.96. The molecule has 8 nitrogen and oxygen atoms in total. The Morgan fingerprint density at radius 2 is 1.51 bits per heavy atom. The third-order valence-electron chi connectivity index (χ3n) is 7.54. The number of nitrogens with one attached hydrogen (secondary N) is 1. The summed E-state index contributed by atoms with van der Waals surface area (Å²) in [6, 6.07) is 29.4. The standard InChI is InChI=1S/C36H41N3O5S/c1-5-21-37-36(41)34(24-29-13-8-6-9-14-29)38(25-30-15-12-16-31(23-30)44-4)35(40)26-39(33-20-19-27(2)22-28(33)3)45(42,43)32-17-10-7-11-18-32/h6-20,22-23,34H,5,21,24-26H2,1-4H3,(H,37,41)/t34-/m0/s1. The van der Waals surface area contributed by atoms with Crippen LogP contribution in [0.4, 0.5) is 5.69 Å². The minimum absolute atomic E-state index is 0.0682. The topological polar surface area (TPSA) is 96.0 Å². The van der Waals surface area contributed by atoms with Crippen molar-refractivity contribution in [2.75, 3.05) is 24.5 Å². The highest BCUT2D eigenvalue weighted by Crippen LogP contribution is 2.28. The molecule has 0 fully saturated rings. The minimum Gasteiger partial charge on any atom is -0.497 e. The predicted octanol–water partition coefficient (Wildman–Crippen LogP) is 5.67. The highest BCUT2D eigenvalue weighted by molar-refractivity contribution is 7.92. The summed E-state index contributed by atoms with van der Waals surface area (Å²) in [5.41, 5.74) is 3.70. The van der Waals surface area contributed by atoms with Crippen molar-refractivity contribution in [3.63, 3.8) is 0 Å². The van der Waals surface area contributed by atoms with Crippen LogP contribution in [0.1, 0.15) is 35.6 Å². The van der Waals surface area contributed by atoms with Crippen LogP contribution in [0.2, 0.25) is 0 Å². The molecule has 0 saturated carbocycles. The molecule has 45 heavy (non-hydrogen) atoms. The number of carbonyl (C=O) groups excluding carboxylic acids is 2. The maximum absolute atomic E-state index is 14.6. The fourth-order valence-corrected chi connectivity index (χ4v) is 6.71. The molecule has 0 aliphatic rings. The molecule has 0 unspecified atom stereocenters. The second-order valence-corrected chi connectivity index (χ2v) is 12.8. The van der Waals surface area contributed by atoms with E-state index in [9.17, 15) is 18.0 Å². The van der Waals surface area contributed by atoms with Crippen LogP contribution in [-0.4, -0.2) is 51.4 Å². The average Bonchev–Trinajstić information content (AvgIpc) is 3.05.